The topological polar surface area (TPSA) is 89.6 Å². The van der Waals surface area contributed by atoms with Gasteiger partial charge in [0.05, 0.1) is 17.7 Å². The normalized spacial score (nSPS) is 12.7. The number of rotatable bonds is 4. The van der Waals surface area contributed by atoms with Crippen molar-refractivity contribution in [2.45, 2.75) is 71.6 Å². The molecule has 0 bridgehead atoms. The molecule has 4 aromatic rings. The van der Waals surface area contributed by atoms with E-state index in [-0.39, 0.29) is 55.1 Å². The van der Waals surface area contributed by atoms with E-state index in [1.807, 2.05) is 44.2 Å². The van der Waals surface area contributed by atoms with E-state index in [9.17, 15) is 5.26 Å². The van der Waals surface area contributed by atoms with E-state index in [4.69, 9.17) is 19.3 Å². The van der Waals surface area contributed by atoms with Crippen molar-refractivity contribution in [3.05, 3.63) is 88.9 Å². The van der Waals surface area contributed by atoms with E-state index in [0.717, 1.165) is 11.1 Å². The van der Waals surface area contributed by atoms with Gasteiger partial charge in [-0.15, -0.1) is 0 Å². The number of hydrogen-bond acceptors (Lipinski definition) is 5. The molecule has 0 saturated heterocycles. The summed E-state index contributed by atoms with van der Waals surface area (Å²) >= 11 is 0. The minimum atomic E-state index is -0.724. The van der Waals surface area contributed by atoms with Gasteiger partial charge in [-0.25, -0.2) is 5.26 Å². The first-order valence-corrected chi connectivity index (χ1v) is 11.9. The first-order chi connectivity index (χ1) is 18.1. The largest absolute Gasteiger partial charge is 2.00 e. The van der Waals surface area contributed by atoms with Gasteiger partial charge in [-0.1, -0.05) is 66.4 Å². The zero-order chi connectivity index (χ0) is 28.9. The molecule has 4 aromatic heterocycles. The van der Waals surface area contributed by atoms with Crippen molar-refractivity contribution in [1.29, 1.82) is 5.26 Å². The van der Waals surface area contributed by atoms with Crippen LogP contribution in [0.15, 0.2) is 36.6 Å². The molecule has 0 aliphatic carbocycles. The molecule has 0 fully saturated rings. The van der Waals surface area contributed by atoms with Gasteiger partial charge in [0.25, 0.3) is 0 Å². The van der Waals surface area contributed by atoms with Crippen molar-refractivity contribution in [2.75, 3.05) is 0 Å². The number of imidazole rings is 2. The third-order valence-corrected chi connectivity index (χ3v) is 6.25. The van der Waals surface area contributed by atoms with Crippen molar-refractivity contribution < 1.29 is 23.2 Å². The van der Waals surface area contributed by atoms with Crippen LogP contribution in [0.25, 0.3) is 16.5 Å². The summed E-state index contributed by atoms with van der Waals surface area (Å²) < 4.78 is 19.5. The number of pyridine rings is 2. The second kappa shape index (κ2) is 10.3. The van der Waals surface area contributed by atoms with Crippen LogP contribution in [0, 0.1) is 30.6 Å². The van der Waals surface area contributed by atoms with Gasteiger partial charge in [0.1, 0.15) is 0 Å². The van der Waals surface area contributed by atoms with Crippen LogP contribution < -0.4 is 0 Å². The van der Waals surface area contributed by atoms with E-state index in [1.54, 1.807) is 0 Å². The summed E-state index contributed by atoms with van der Waals surface area (Å²) in [6.07, 6.45) is 5.31. The number of hydrogen-bond donors (Lipinski definition) is 0. The Morgan fingerprint density at radius 1 is 0.842 bits per heavy atom. The number of nitrogens with zero attached hydrogens (tertiary/aromatic N) is 8. The SMILES string of the molecule is [2H]c1c(C#N)n[c-]n1-c1cc(C(C)(C)C)cc(C(C)(C)c2cc(C(C)(C)C)cc(-n3[c-]nc([N+]#[C-])c3[2H])n2)n1.[Pd+2]. The van der Waals surface area contributed by atoms with Gasteiger partial charge in [-0.2, -0.15) is 4.98 Å². The summed E-state index contributed by atoms with van der Waals surface area (Å²) in [6, 6.07) is 9.78. The summed E-state index contributed by atoms with van der Waals surface area (Å²) in [4.78, 5) is 21.0. The minimum Gasteiger partial charge on any atom is -0.417 e. The van der Waals surface area contributed by atoms with Gasteiger partial charge < -0.3 is 19.0 Å². The van der Waals surface area contributed by atoms with E-state index in [0.29, 0.717) is 23.0 Å². The second-order valence-electron chi connectivity index (χ2n) is 11.5. The fraction of sp³-hybridized carbons (Fsp3) is 0.379. The van der Waals surface area contributed by atoms with Gasteiger partial charge in [0, 0.05) is 31.6 Å². The Kier molecular flexibility index (Phi) is 7.02. The average Bonchev–Trinajstić information content (AvgIpc) is 3.43. The van der Waals surface area contributed by atoms with Crippen LogP contribution in [-0.4, -0.2) is 29.1 Å². The molecule has 0 aromatic carbocycles. The van der Waals surface area contributed by atoms with Gasteiger partial charge in [-0.3, -0.25) is 9.97 Å². The van der Waals surface area contributed by atoms with Crippen molar-refractivity contribution in [3.8, 4) is 17.7 Å². The molecule has 4 heterocycles. The van der Waals surface area contributed by atoms with Gasteiger partial charge >= 0.3 is 20.4 Å². The predicted octanol–water partition coefficient (Wildman–Crippen LogP) is 5.79. The molecule has 0 radical (unpaired) electrons. The van der Waals surface area contributed by atoms with Gasteiger partial charge in [0.2, 0.25) is 5.82 Å². The van der Waals surface area contributed by atoms with Crippen LogP contribution in [0.3, 0.4) is 0 Å². The molecule has 0 N–H and O–H groups in total. The molecule has 0 spiro atoms. The maximum Gasteiger partial charge on any atom is 2.00 e. The Hall–Kier alpha value is -3.64. The van der Waals surface area contributed by atoms with E-state index in [1.165, 1.54) is 9.13 Å². The average molecular weight is 599 g/mol. The van der Waals surface area contributed by atoms with Crippen molar-refractivity contribution >= 4 is 5.82 Å². The van der Waals surface area contributed by atoms with E-state index >= 15 is 0 Å². The standard InChI is InChI=1S/C29H30N8.Pd/c1-27(2,3)19-10-22(34-25(12-19)36-15-21(14-30)32-17-36)29(7,8)23-11-20(28(4,5)6)13-26(35-23)37-16-24(31-9)33-18-37;/h10-13,15-16H,1-8H3;/q-2;+2/i15D,16D;. The maximum absolute atomic E-state index is 9.31. The van der Waals surface area contributed by atoms with Crippen LogP contribution in [0.5, 0.6) is 0 Å². The fourth-order valence-corrected chi connectivity index (χ4v) is 3.72. The van der Waals surface area contributed by atoms with E-state index < -0.39 is 5.41 Å². The van der Waals surface area contributed by atoms with Crippen molar-refractivity contribution in [2.24, 2.45) is 0 Å². The summed E-state index contributed by atoms with van der Waals surface area (Å²) in [5.41, 5.74) is 2.17. The monoisotopic (exact) mass is 598 g/mol. The van der Waals surface area contributed by atoms with Crippen molar-refractivity contribution in [1.82, 2.24) is 29.1 Å². The summed E-state index contributed by atoms with van der Waals surface area (Å²) in [7, 11) is 0. The molecule has 4 rings (SSSR count). The van der Waals surface area contributed by atoms with Gasteiger partial charge in [0.15, 0.2) is 6.33 Å². The fourth-order valence-electron chi connectivity index (χ4n) is 3.72. The molecule has 9 heteroatoms. The summed E-state index contributed by atoms with van der Waals surface area (Å²) in [6.45, 7) is 23.9. The second-order valence-corrected chi connectivity index (χ2v) is 11.5. The zero-order valence-corrected chi connectivity index (χ0v) is 24.3. The molecule has 38 heavy (non-hydrogen) atoms. The summed E-state index contributed by atoms with van der Waals surface area (Å²) in [5.74, 6) is 0.845. The molecule has 0 atom stereocenters. The first kappa shape index (κ1) is 26.0. The van der Waals surface area contributed by atoms with Crippen molar-refractivity contribution in [3.63, 3.8) is 0 Å². The molecule has 0 saturated carbocycles. The Bertz CT molecular complexity index is 1540. The molecule has 0 unspecified atom stereocenters. The first-order valence-electron chi connectivity index (χ1n) is 12.9. The molecular weight excluding hydrogens is 567 g/mol. The van der Waals surface area contributed by atoms with Crippen LogP contribution in [0.2, 0.25) is 0 Å². The number of aromatic nitrogens is 6. The Morgan fingerprint density at radius 2 is 1.32 bits per heavy atom. The molecule has 0 aliphatic rings. The third kappa shape index (κ3) is 5.76. The van der Waals surface area contributed by atoms with E-state index in [2.05, 4.69) is 69.0 Å². The van der Waals surface area contributed by atoms with Crippen LogP contribution >= 0.6 is 0 Å². The Labute approximate surface area is 241 Å². The maximum atomic E-state index is 9.31. The smallest absolute Gasteiger partial charge is 0.417 e. The zero-order valence-electron chi connectivity index (χ0n) is 24.7. The molecule has 196 valence electrons. The van der Waals surface area contributed by atoms with Crippen LogP contribution in [0.4, 0.5) is 5.82 Å². The number of nitriles is 1. The van der Waals surface area contributed by atoms with Crippen LogP contribution in [-0.2, 0) is 36.7 Å². The molecular formula is C29H30N8Pd. The third-order valence-electron chi connectivity index (χ3n) is 6.25. The van der Waals surface area contributed by atoms with Gasteiger partial charge in [-0.05, 0) is 54.1 Å². The molecule has 8 nitrogen and oxygen atoms in total. The molecule has 0 aliphatic heterocycles. The Morgan fingerprint density at radius 3 is 1.71 bits per heavy atom. The summed E-state index contributed by atoms with van der Waals surface area (Å²) in [5, 5.41) is 9.31. The quantitative estimate of drug-likeness (QED) is 0.219. The molecule has 0 amide bonds. The van der Waals surface area contributed by atoms with Crippen LogP contribution in [0.1, 0.15) is 86.3 Å². The predicted molar refractivity (Wildman–Crippen MR) is 141 cm³/mol. The Balaban J connectivity index is 0.00000441. The minimum absolute atomic E-state index is 0.